The first-order chi connectivity index (χ1) is 7.95. The fourth-order valence-electron chi connectivity index (χ4n) is 1.81. The summed E-state index contributed by atoms with van der Waals surface area (Å²) >= 11 is 0. The molecule has 0 saturated carbocycles. The van der Waals surface area contributed by atoms with Crippen molar-refractivity contribution in [2.45, 2.75) is 33.2 Å². The van der Waals surface area contributed by atoms with E-state index in [0.717, 1.165) is 6.42 Å². The lowest BCUT2D eigenvalue weighted by Gasteiger charge is -2.23. The Morgan fingerprint density at radius 3 is 2.59 bits per heavy atom. The molecule has 94 valence electrons. The van der Waals surface area contributed by atoms with E-state index in [2.05, 4.69) is 26.1 Å². The summed E-state index contributed by atoms with van der Waals surface area (Å²) in [4.78, 5) is 11.1. The predicted molar refractivity (Wildman–Crippen MR) is 70.4 cm³/mol. The predicted octanol–water partition coefficient (Wildman–Crippen LogP) is 2.81. The third kappa shape index (κ3) is 3.37. The molecular weight excluding hydrogens is 216 g/mol. The van der Waals surface area contributed by atoms with E-state index < -0.39 is 5.97 Å². The van der Waals surface area contributed by atoms with Crippen molar-refractivity contribution >= 4 is 17.3 Å². The molecular formula is C13H20N2O2. The second kappa shape index (κ2) is 5.57. The molecule has 1 rings (SSSR count). The molecule has 0 aromatic heterocycles. The number of hydrogen-bond donors (Lipinski definition) is 3. The fourth-order valence-corrected chi connectivity index (χ4v) is 1.81. The van der Waals surface area contributed by atoms with Gasteiger partial charge in [0.15, 0.2) is 0 Å². The number of nitrogen functional groups attached to an aromatic ring is 1. The third-order valence-corrected chi connectivity index (χ3v) is 2.86. The number of nitrogens with two attached hydrogens (primary N) is 1. The molecule has 4 N–H and O–H groups in total. The van der Waals surface area contributed by atoms with E-state index >= 15 is 0 Å². The molecule has 4 nitrogen and oxygen atoms in total. The van der Waals surface area contributed by atoms with E-state index in [0.29, 0.717) is 17.3 Å². The van der Waals surface area contributed by atoms with Crippen molar-refractivity contribution in [3.05, 3.63) is 23.8 Å². The summed E-state index contributed by atoms with van der Waals surface area (Å²) in [6.07, 6.45) is 0.936. The van der Waals surface area contributed by atoms with Crippen LogP contribution in [0.2, 0.25) is 0 Å². The summed E-state index contributed by atoms with van der Waals surface area (Å²) in [5.41, 5.74) is 7.11. The van der Waals surface area contributed by atoms with Crippen LogP contribution in [0.1, 0.15) is 37.6 Å². The maximum absolute atomic E-state index is 11.1. The number of aromatic carboxylic acids is 1. The highest BCUT2D eigenvalue weighted by atomic mass is 16.4. The van der Waals surface area contributed by atoms with Crippen molar-refractivity contribution in [3.8, 4) is 0 Å². The monoisotopic (exact) mass is 236 g/mol. The van der Waals surface area contributed by atoms with Gasteiger partial charge in [-0.3, -0.25) is 0 Å². The second-order valence-corrected chi connectivity index (χ2v) is 4.51. The largest absolute Gasteiger partial charge is 0.478 e. The summed E-state index contributed by atoms with van der Waals surface area (Å²) in [6.45, 7) is 6.28. The number of hydrogen-bond acceptors (Lipinski definition) is 3. The Balaban J connectivity index is 3.03. The smallest absolute Gasteiger partial charge is 0.337 e. The van der Waals surface area contributed by atoms with E-state index in [-0.39, 0.29) is 11.6 Å². The number of carboxylic acid groups (broad SMARTS) is 1. The average Bonchev–Trinajstić information content (AvgIpc) is 2.25. The SMILES string of the molecule is CCC(Nc1cc(N)ccc1C(=O)O)C(C)C. The Labute approximate surface area is 102 Å². The van der Waals surface area contributed by atoms with Crippen molar-refractivity contribution in [2.24, 2.45) is 5.92 Å². The first-order valence-electron chi connectivity index (χ1n) is 5.85. The Kier molecular flexibility index (Phi) is 4.37. The van der Waals surface area contributed by atoms with E-state index in [1.165, 1.54) is 6.07 Å². The highest BCUT2D eigenvalue weighted by molar-refractivity contribution is 5.95. The Morgan fingerprint density at radius 2 is 2.12 bits per heavy atom. The van der Waals surface area contributed by atoms with Crippen molar-refractivity contribution in [1.82, 2.24) is 0 Å². The van der Waals surface area contributed by atoms with Crippen LogP contribution in [0.3, 0.4) is 0 Å². The number of rotatable bonds is 5. The molecule has 0 aliphatic heterocycles. The van der Waals surface area contributed by atoms with Gasteiger partial charge in [0, 0.05) is 11.7 Å². The van der Waals surface area contributed by atoms with Gasteiger partial charge in [0.25, 0.3) is 0 Å². The van der Waals surface area contributed by atoms with Gasteiger partial charge in [-0.1, -0.05) is 20.8 Å². The van der Waals surface area contributed by atoms with Crippen molar-refractivity contribution < 1.29 is 9.90 Å². The molecule has 1 unspecified atom stereocenters. The van der Waals surface area contributed by atoms with Crippen LogP contribution < -0.4 is 11.1 Å². The lowest BCUT2D eigenvalue weighted by atomic mass is 10.0. The number of benzene rings is 1. The molecule has 0 amide bonds. The number of anilines is 2. The van der Waals surface area contributed by atoms with Crippen molar-refractivity contribution in [2.75, 3.05) is 11.1 Å². The van der Waals surface area contributed by atoms with E-state index in [1.807, 2.05) is 0 Å². The van der Waals surface area contributed by atoms with Gasteiger partial charge in [-0.05, 0) is 30.5 Å². The lowest BCUT2D eigenvalue weighted by Crippen LogP contribution is -2.25. The van der Waals surface area contributed by atoms with Crippen LogP contribution >= 0.6 is 0 Å². The molecule has 0 aliphatic carbocycles. The molecule has 0 fully saturated rings. The van der Waals surface area contributed by atoms with E-state index in [9.17, 15) is 4.79 Å². The number of carbonyl (C=O) groups is 1. The van der Waals surface area contributed by atoms with Crippen LogP contribution in [-0.2, 0) is 0 Å². The Hall–Kier alpha value is -1.71. The average molecular weight is 236 g/mol. The third-order valence-electron chi connectivity index (χ3n) is 2.86. The van der Waals surface area contributed by atoms with Crippen LogP contribution in [-0.4, -0.2) is 17.1 Å². The van der Waals surface area contributed by atoms with Gasteiger partial charge in [0.2, 0.25) is 0 Å². The van der Waals surface area contributed by atoms with E-state index in [4.69, 9.17) is 10.8 Å². The van der Waals surface area contributed by atoms with Gasteiger partial charge >= 0.3 is 5.97 Å². The van der Waals surface area contributed by atoms with Gasteiger partial charge in [-0.25, -0.2) is 4.79 Å². The topological polar surface area (TPSA) is 75.3 Å². The minimum atomic E-state index is -0.939. The molecule has 1 aromatic rings. The second-order valence-electron chi connectivity index (χ2n) is 4.51. The van der Waals surface area contributed by atoms with Gasteiger partial charge in [-0.15, -0.1) is 0 Å². The van der Waals surface area contributed by atoms with Crippen molar-refractivity contribution in [1.29, 1.82) is 0 Å². The number of nitrogens with one attached hydrogen (secondary N) is 1. The molecule has 17 heavy (non-hydrogen) atoms. The van der Waals surface area contributed by atoms with Crippen LogP contribution in [0.15, 0.2) is 18.2 Å². The normalized spacial score (nSPS) is 12.5. The number of carboxylic acids is 1. The summed E-state index contributed by atoms with van der Waals surface area (Å²) in [5, 5.41) is 12.4. The molecule has 0 spiro atoms. The zero-order valence-corrected chi connectivity index (χ0v) is 10.5. The van der Waals surface area contributed by atoms with Crippen molar-refractivity contribution in [3.63, 3.8) is 0 Å². The molecule has 1 atom stereocenters. The molecule has 0 bridgehead atoms. The minimum absolute atomic E-state index is 0.245. The van der Waals surface area contributed by atoms with E-state index in [1.54, 1.807) is 12.1 Å². The van der Waals surface area contributed by atoms with Crippen LogP contribution in [0, 0.1) is 5.92 Å². The first kappa shape index (κ1) is 13.4. The lowest BCUT2D eigenvalue weighted by molar-refractivity contribution is 0.0698. The molecule has 0 radical (unpaired) electrons. The van der Waals surface area contributed by atoms with Gasteiger partial charge < -0.3 is 16.2 Å². The summed E-state index contributed by atoms with van der Waals surface area (Å²) in [6, 6.07) is 5.06. The molecule has 0 aliphatic rings. The Bertz CT molecular complexity index is 402. The maximum Gasteiger partial charge on any atom is 0.337 e. The van der Waals surface area contributed by atoms with Crippen LogP contribution in [0.5, 0.6) is 0 Å². The minimum Gasteiger partial charge on any atom is -0.478 e. The van der Waals surface area contributed by atoms with Crippen LogP contribution in [0.4, 0.5) is 11.4 Å². The van der Waals surface area contributed by atoms with Gasteiger partial charge in [0.1, 0.15) is 0 Å². The fraction of sp³-hybridized carbons (Fsp3) is 0.462. The molecule has 4 heteroatoms. The maximum atomic E-state index is 11.1. The molecule has 0 heterocycles. The van der Waals surface area contributed by atoms with Crippen LogP contribution in [0.25, 0.3) is 0 Å². The first-order valence-corrected chi connectivity index (χ1v) is 5.85. The standard InChI is InChI=1S/C13H20N2O2/c1-4-11(8(2)3)15-12-7-9(14)5-6-10(12)13(16)17/h5-8,11,15H,4,14H2,1-3H3,(H,16,17). The summed E-state index contributed by atoms with van der Waals surface area (Å²) < 4.78 is 0. The van der Waals surface area contributed by atoms with Gasteiger partial charge in [-0.2, -0.15) is 0 Å². The Morgan fingerprint density at radius 1 is 1.47 bits per heavy atom. The zero-order chi connectivity index (χ0) is 13.0. The molecule has 0 saturated heterocycles. The quantitative estimate of drug-likeness (QED) is 0.687. The summed E-state index contributed by atoms with van der Waals surface area (Å²) in [7, 11) is 0. The summed E-state index contributed by atoms with van der Waals surface area (Å²) in [5.74, 6) is -0.505. The zero-order valence-electron chi connectivity index (χ0n) is 10.5. The molecule has 1 aromatic carbocycles. The highest BCUT2D eigenvalue weighted by Crippen LogP contribution is 2.22. The van der Waals surface area contributed by atoms with Gasteiger partial charge in [0.05, 0.1) is 11.3 Å². The highest BCUT2D eigenvalue weighted by Gasteiger charge is 2.15.